The maximum atomic E-state index is 12.0. The van der Waals surface area contributed by atoms with Gasteiger partial charge in [-0.25, -0.2) is 4.99 Å². The Morgan fingerprint density at radius 2 is 2.21 bits per heavy atom. The SMILES string of the molecule is COc1cc(C=Nc2n[nH]c(Nc3cccc(CI)c3)c2C(N)=O)ccc1O. The summed E-state index contributed by atoms with van der Waals surface area (Å²) >= 11 is 2.28. The number of aromatic hydroxyl groups is 1. The number of methoxy groups -OCH3 is 1. The molecule has 0 atom stereocenters. The molecule has 3 rings (SSSR count). The molecule has 0 radical (unpaired) electrons. The quantitative estimate of drug-likeness (QED) is 0.228. The van der Waals surface area contributed by atoms with Gasteiger partial charge in [0.2, 0.25) is 0 Å². The number of phenols is 1. The zero-order valence-electron chi connectivity index (χ0n) is 14.9. The summed E-state index contributed by atoms with van der Waals surface area (Å²) in [6, 6.07) is 12.6. The molecule has 2 aromatic carbocycles. The maximum Gasteiger partial charge on any atom is 0.256 e. The Hall–Kier alpha value is -3.08. The van der Waals surface area contributed by atoms with Crippen molar-refractivity contribution in [1.82, 2.24) is 10.2 Å². The smallest absolute Gasteiger partial charge is 0.256 e. The molecule has 1 heterocycles. The summed E-state index contributed by atoms with van der Waals surface area (Å²) in [6.07, 6.45) is 1.51. The molecule has 1 amide bonds. The molecule has 0 fully saturated rings. The average molecular weight is 491 g/mol. The maximum absolute atomic E-state index is 12.0. The second kappa shape index (κ2) is 8.74. The first-order chi connectivity index (χ1) is 13.5. The highest BCUT2D eigenvalue weighted by Crippen LogP contribution is 2.28. The number of aromatic nitrogens is 2. The predicted octanol–water partition coefficient (Wildman–Crippen LogP) is 3.65. The van der Waals surface area contributed by atoms with Gasteiger partial charge in [-0.2, -0.15) is 5.10 Å². The van der Waals surface area contributed by atoms with Crippen LogP contribution in [0.3, 0.4) is 0 Å². The van der Waals surface area contributed by atoms with Crippen LogP contribution in [-0.2, 0) is 4.43 Å². The van der Waals surface area contributed by atoms with Crippen molar-refractivity contribution in [3.05, 3.63) is 59.2 Å². The van der Waals surface area contributed by atoms with Gasteiger partial charge in [0.05, 0.1) is 7.11 Å². The molecule has 0 spiro atoms. The number of ether oxygens (including phenoxy) is 1. The highest BCUT2D eigenvalue weighted by Gasteiger charge is 2.18. The van der Waals surface area contributed by atoms with E-state index in [1.165, 1.54) is 19.4 Å². The van der Waals surface area contributed by atoms with Gasteiger partial charge in [0.1, 0.15) is 11.4 Å². The first-order valence-corrected chi connectivity index (χ1v) is 9.75. The number of H-pyrrole nitrogens is 1. The van der Waals surface area contributed by atoms with E-state index in [0.29, 0.717) is 17.1 Å². The summed E-state index contributed by atoms with van der Waals surface area (Å²) in [7, 11) is 1.46. The third kappa shape index (κ3) is 4.42. The van der Waals surface area contributed by atoms with Gasteiger partial charge in [-0.05, 0) is 41.5 Å². The van der Waals surface area contributed by atoms with E-state index in [-0.39, 0.29) is 17.1 Å². The van der Waals surface area contributed by atoms with Crippen LogP contribution in [-0.4, -0.2) is 34.5 Å². The third-order valence-corrected chi connectivity index (χ3v) is 4.76. The lowest BCUT2D eigenvalue weighted by molar-refractivity contribution is 0.100. The van der Waals surface area contributed by atoms with Crippen LogP contribution in [0.15, 0.2) is 47.5 Å². The van der Waals surface area contributed by atoms with Crippen molar-refractivity contribution in [3.63, 3.8) is 0 Å². The van der Waals surface area contributed by atoms with Gasteiger partial charge in [-0.15, -0.1) is 0 Å². The van der Waals surface area contributed by atoms with Crippen molar-refractivity contribution in [3.8, 4) is 11.5 Å². The fraction of sp³-hybridized carbons (Fsp3) is 0.105. The van der Waals surface area contributed by atoms with Gasteiger partial charge < -0.3 is 20.9 Å². The highest BCUT2D eigenvalue weighted by atomic mass is 127. The summed E-state index contributed by atoms with van der Waals surface area (Å²) in [4.78, 5) is 16.2. The standard InChI is InChI=1S/C19H18IN5O3/c1-28-15-8-12(5-6-14(15)26)10-22-18-16(17(21)27)19(25-24-18)23-13-4-2-3-11(7-13)9-20/h2-8,10,26H,9H2,1H3,(H2,21,27)(H2,23,24,25). The number of aromatic amines is 1. The van der Waals surface area contributed by atoms with Gasteiger partial charge in [-0.3, -0.25) is 9.89 Å². The van der Waals surface area contributed by atoms with Crippen molar-refractivity contribution in [2.24, 2.45) is 10.7 Å². The van der Waals surface area contributed by atoms with Crippen LogP contribution in [0.4, 0.5) is 17.3 Å². The van der Waals surface area contributed by atoms with Crippen LogP contribution in [0.5, 0.6) is 11.5 Å². The minimum Gasteiger partial charge on any atom is -0.504 e. The number of hydrogen-bond donors (Lipinski definition) is 4. The van der Waals surface area contributed by atoms with E-state index in [2.05, 4.69) is 43.1 Å². The third-order valence-electron chi connectivity index (χ3n) is 3.88. The van der Waals surface area contributed by atoms with Crippen LogP contribution >= 0.6 is 22.6 Å². The molecule has 3 aromatic rings. The van der Waals surface area contributed by atoms with Gasteiger partial charge in [-0.1, -0.05) is 34.7 Å². The number of nitrogens with one attached hydrogen (secondary N) is 2. The second-order valence-corrected chi connectivity index (χ2v) is 6.57. The van der Waals surface area contributed by atoms with Crippen molar-refractivity contribution < 1.29 is 14.6 Å². The normalized spacial score (nSPS) is 10.9. The number of carbonyl (C=O) groups excluding carboxylic acids is 1. The van der Waals surface area contributed by atoms with Crippen LogP contribution in [0.2, 0.25) is 0 Å². The Kier molecular flexibility index (Phi) is 6.14. The molecular weight excluding hydrogens is 473 g/mol. The molecule has 0 aliphatic heterocycles. The monoisotopic (exact) mass is 491 g/mol. The fourth-order valence-electron chi connectivity index (χ4n) is 2.54. The van der Waals surface area contributed by atoms with E-state index in [9.17, 15) is 9.90 Å². The van der Waals surface area contributed by atoms with Crippen molar-refractivity contribution >= 4 is 52.0 Å². The topological polar surface area (TPSA) is 126 Å². The number of nitrogens with two attached hydrogens (primary N) is 1. The van der Waals surface area contributed by atoms with E-state index in [1.807, 2.05) is 24.3 Å². The van der Waals surface area contributed by atoms with E-state index < -0.39 is 5.91 Å². The molecule has 0 saturated heterocycles. The van der Waals surface area contributed by atoms with Crippen molar-refractivity contribution in [2.45, 2.75) is 4.43 Å². The number of alkyl halides is 1. The zero-order valence-corrected chi connectivity index (χ0v) is 17.1. The van der Waals surface area contributed by atoms with Crippen LogP contribution in [0.1, 0.15) is 21.5 Å². The Morgan fingerprint density at radius 3 is 2.93 bits per heavy atom. The largest absolute Gasteiger partial charge is 0.504 e. The Bertz CT molecular complexity index is 1030. The lowest BCUT2D eigenvalue weighted by atomic mass is 10.2. The van der Waals surface area contributed by atoms with Gasteiger partial charge in [0, 0.05) is 16.3 Å². The molecule has 5 N–H and O–H groups in total. The average Bonchev–Trinajstić information content (AvgIpc) is 3.10. The Balaban J connectivity index is 1.89. The highest BCUT2D eigenvalue weighted by molar-refractivity contribution is 14.1. The number of hydrogen-bond acceptors (Lipinski definition) is 6. The van der Waals surface area contributed by atoms with E-state index >= 15 is 0 Å². The number of primary amides is 1. The number of rotatable bonds is 7. The number of carbonyl (C=O) groups is 1. The Morgan fingerprint density at radius 1 is 1.39 bits per heavy atom. The number of anilines is 2. The molecule has 0 saturated carbocycles. The first kappa shape index (κ1) is 19.7. The number of aliphatic imine (C=N–C) groups is 1. The summed E-state index contributed by atoms with van der Waals surface area (Å²) in [6.45, 7) is 0. The van der Waals surface area contributed by atoms with Crippen LogP contribution in [0, 0.1) is 0 Å². The molecule has 0 bridgehead atoms. The molecule has 0 aliphatic carbocycles. The minimum absolute atomic E-state index is 0.0254. The van der Waals surface area contributed by atoms with Crippen LogP contribution < -0.4 is 15.8 Å². The zero-order chi connectivity index (χ0) is 20.1. The second-order valence-electron chi connectivity index (χ2n) is 5.81. The summed E-state index contributed by atoms with van der Waals surface area (Å²) < 4.78 is 5.94. The molecule has 9 heteroatoms. The molecule has 0 unspecified atom stereocenters. The number of phenolic OH excluding ortho intramolecular Hbond substituents is 1. The predicted molar refractivity (Wildman–Crippen MR) is 116 cm³/mol. The molecule has 8 nitrogen and oxygen atoms in total. The summed E-state index contributed by atoms with van der Waals surface area (Å²) in [5.74, 6) is 0.216. The molecule has 144 valence electrons. The summed E-state index contributed by atoms with van der Waals surface area (Å²) in [5, 5.41) is 19.6. The lowest BCUT2D eigenvalue weighted by Gasteiger charge is -2.06. The van der Waals surface area contributed by atoms with E-state index in [1.54, 1.807) is 12.1 Å². The van der Waals surface area contributed by atoms with E-state index in [0.717, 1.165) is 15.7 Å². The fourth-order valence-corrected chi connectivity index (χ4v) is 3.01. The number of amides is 1. The van der Waals surface area contributed by atoms with Gasteiger partial charge in [0.15, 0.2) is 17.3 Å². The molecule has 0 aliphatic rings. The first-order valence-electron chi connectivity index (χ1n) is 8.23. The van der Waals surface area contributed by atoms with E-state index in [4.69, 9.17) is 10.5 Å². The Labute approximate surface area is 175 Å². The van der Waals surface area contributed by atoms with Gasteiger partial charge >= 0.3 is 0 Å². The molecule has 28 heavy (non-hydrogen) atoms. The molecular formula is C19H18IN5O3. The van der Waals surface area contributed by atoms with Gasteiger partial charge in [0.25, 0.3) is 5.91 Å². The lowest BCUT2D eigenvalue weighted by Crippen LogP contribution is -2.12. The number of nitrogens with zero attached hydrogens (tertiary/aromatic N) is 2. The minimum atomic E-state index is -0.656. The number of benzene rings is 2. The molecule has 1 aromatic heterocycles. The number of halogens is 1. The van der Waals surface area contributed by atoms with Crippen molar-refractivity contribution in [1.29, 1.82) is 0 Å². The van der Waals surface area contributed by atoms with Crippen molar-refractivity contribution in [2.75, 3.05) is 12.4 Å². The summed E-state index contributed by atoms with van der Waals surface area (Å²) in [5.41, 5.74) is 8.30. The van der Waals surface area contributed by atoms with Crippen LogP contribution in [0.25, 0.3) is 0 Å².